The molecular formula is C25H35N3O4S. The number of ether oxygens (including phenoxy) is 1. The van der Waals surface area contributed by atoms with E-state index in [1.165, 1.54) is 4.31 Å². The van der Waals surface area contributed by atoms with Gasteiger partial charge in [0.2, 0.25) is 15.9 Å². The molecule has 0 bridgehead atoms. The van der Waals surface area contributed by atoms with E-state index in [9.17, 15) is 13.2 Å². The van der Waals surface area contributed by atoms with Crippen LogP contribution in [-0.2, 0) is 26.1 Å². The number of carbonyl (C=O) groups is 1. The van der Waals surface area contributed by atoms with Crippen molar-refractivity contribution in [1.29, 1.82) is 0 Å². The molecule has 1 amide bonds. The van der Waals surface area contributed by atoms with Gasteiger partial charge in [0.15, 0.2) is 0 Å². The van der Waals surface area contributed by atoms with Crippen LogP contribution in [0, 0.1) is 20.8 Å². The lowest BCUT2D eigenvalue weighted by molar-refractivity contribution is -0.121. The Labute approximate surface area is 197 Å². The molecule has 1 saturated heterocycles. The minimum absolute atomic E-state index is 0.136. The Kier molecular flexibility index (Phi) is 9.02. The van der Waals surface area contributed by atoms with Gasteiger partial charge in [-0.15, -0.1) is 0 Å². The topological polar surface area (TPSA) is 79.0 Å². The molecule has 1 heterocycles. The highest BCUT2D eigenvalue weighted by Crippen LogP contribution is 2.26. The van der Waals surface area contributed by atoms with E-state index >= 15 is 0 Å². The maximum atomic E-state index is 13.7. The van der Waals surface area contributed by atoms with Gasteiger partial charge >= 0.3 is 0 Å². The number of nitrogens with zero attached hydrogens (tertiary/aromatic N) is 2. The second kappa shape index (κ2) is 11.7. The number of carbonyl (C=O) groups excluding carboxylic acids is 1. The number of amides is 1. The highest BCUT2D eigenvalue weighted by molar-refractivity contribution is 7.89. The number of rotatable bonds is 10. The van der Waals surface area contributed by atoms with Crippen LogP contribution in [0.25, 0.3) is 0 Å². The predicted octanol–water partition coefficient (Wildman–Crippen LogP) is 2.64. The first kappa shape index (κ1) is 25.4. The van der Waals surface area contributed by atoms with Gasteiger partial charge in [-0.3, -0.25) is 9.69 Å². The number of nitrogens with one attached hydrogen (secondary N) is 1. The number of hydrogen-bond donors (Lipinski definition) is 1. The van der Waals surface area contributed by atoms with Gasteiger partial charge in [-0.2, -0.15) is 4.31 Å². The van der Waals surface area contributed by atoms with Crippen LogP contribution in [0.5, 0.6) is 0 Å². The molecule has 1 fully saturated rings. The number of hydrogen-bond acceptors (Lipinski definition) is 5. The van der Waals surface area contributed by atoms with Gasteiger partial charge in [0.25, 0.3) is 0 Å². The van der Waals surface area contributed by atoms with Gasteiger partial charge in [0.1, 0.15) is 0 Å². The Bertz CT molecular complexity index is 1010. The predicted molar refractivity (Wildman–Crippen MR) is 130 cm³/mol. The zero-order chi connectivity index (χ0) is 23.8. The molecule has 0 unspecified atom stereocenters. The lowest BCUT2D eigenvalue weighted by Gasteiger charge is -2.26. The summed E-state index contributed by atoms with van der Waals surface area (Å²) in [5, 5.41) is 2.90. The highest BCUT2D eigenvalue weighted by atomic mass is 32.2. The van der Waals surface area contributed by atoms with Crippen molar-refractivity contribution in [3.8, 4) is 0 Å². The van der Waals surface area contributed by atoms with E-state index in [-0.39, 0.29) is 23.9 Å². The van der Waals surface area contributed by atoms with Crippen LogP contribution in [0.4, 0.5) is 0 Å². The molecular weight excluding hydrogens is 438 g/mol. The summed E-state index contributed by atoms with van der Waals surface area (Å²) in [6.45, 7) is 10.2. The van der Waals surface area contributed by atoms with Crippen molar-refractivity contribution in [3.63, 3.8) is 0 Å². The second-order valence-electron chi connectivity index (χ2n) is 8.64. The lowest BCUT2D eigenvalue weighted by atomic mass is 10.1. The highest BCUT2D eigenvalue weighted by Gasteiger charge is 2.29. The van der Waals surface area contributed by atoms with Crippen molar-refractivity contribution in [2.24, 2.45) is 0 Å². The maximum Gasteiger partial charge on any atom is 0.244 e. The summed E-state index contributed by atoms with van der Waals surface area (Å²) in [5.41, 5.74) is 3.23. The molecule has 1 aliphatic rings. The minimum Gasteiger partial charge on any atom is -0.379 e. The molecule has 8 heteroatoms. The van der Waals surface area contributed by atoms with Crippen LogP contribution in [0.3, 0.4) is 0 Å². The number of aryl methyl sites for hydroxylation is 3. The monoisotopic (exact) mass is 473 g/mol. The van der Waals surface area contributed by atoms with Crippen LogP contribution in [0.2, 0.25) is 0 Å². The third kappa shape index (κ3) is 7.11. The molecule has 3 rings (SSSR count). The smallest absolute Gasteiger partial charge is 0.244 e. The Morgan fingerprint density at radius 2 is 1.70 bits per heavy atom. The van der Waals surface area contributed by atoms with Gasteiger partial charge in [-0.25, -0.2) is 8.42 Å². The van der Waals surface area contributed by atoms with Crippen molar-refractivity contribution < 1.29 is 17.9 Å². The van der Waals surface area contributed by atoms with Gasteiger partial charge < -0.3 is 10.1 Å². The summed E-state index contributed by atoms with van der Waals surface area (Å²) in [5.74, 6) is -0.293. The molecule has 0 spiro atoms. The van der Waals surface area contributed by atoms with Crippen LogP contribution in [0.1, 0.15) is 28.7 Å². The minimum atomic E-state index is -3.87. The fourth-order valence-corrected chi connectivity index (χ4v) is 6.08. The molecule has 33 heavy (non-hydrogen) atoms. The molecule has 7 nitrogen and oxygen atoms in total. The van der Waals surface area contributed by atoms with E-state index in [1.54, 1.807) is 13.8 Å². The average molecular weight is 474 g/mol. The molecule has 2 aromatic rings. The van der Waals surface area contributed by atoms with Crippen molar-refractivity contribution in [2.75, 3.05) is 45.9 Å². The SMILES string of the molecule is Cc1cc(C)c(S(=O)(=O)N(CC(=O)NCCCN2CCOCC2)Cc2ccccc2)c(C)c1. The van der Waals surface area contributed by atoms with Gasteiger partial charge in [-0.05, 0) is 50.4 Å². The van der Waals surface area contributed by atoms with Gasteiger partial charge in [0.05, 0.1) is 24.7 Å². The van der Waals surface area contributed by atoms with Crippen molar-refractivity contribution in [1.82, 2.24) is 14.5 Å². The van der Waals surface area contributed by atoms with Crippen molar-refractivity contribution in [2.45, 2.75) is 38.6 Å². The Morgan fingerprint density at radius 1 is 1.06 bits per heavy atom. The van der Waals surface area contributed by atoms with Crippen LogP contribution < -0.4 is 5.32 Å². The number of benzene rings is 2. The van der Waals surface area contributed by atoms with Gasteiger partial charge in [-0.1, -0.05) is 48.0 Å². The maximum absolute atomic E-state index is 13.7. The van der Waals surface area contributed by atoms with E-state index in [0.29, 0.717) is 17.7 Å². The molecule has 0 aromatic heterocycles. The standard InChI is InChI=1S/C25H35N3O4S/c1-20-16-21(2)25(22(3)17-20)33(30,31)28(18-23-8-5-4-6-9-23)19-24(29)26-10-7-11-27-12-14-32-15-13-27/h4-6,8-9,16-17H,7,10-15,18-19H2,1-3H3,(H,26,29). The van der Waals surface area contributed by atoms with E-state index in [2.05, 4.69) is 10.2 Å². The summed E-state index contributed by atoms with van der Waals surface area (Å²) in [4.78, 5) is 15.3. The Hall–Kier alpha value is -2.26. The quantitative estimate of drug-likeness (QED) is 0.537. The summed E-state index contributed by atoms with van der Waals surface area (Å²) in [7, 11) is -3.87. The second-order valence-corrected chi connectivity index (χ2v) is 10.5. The first-order chi connectivity index (χ1) is 15.8. The number of morpholine rings is 1. The summed E-state index contributed by atoms with van der Waals surface area (Å²) in [6, 6.07) is 13.1. The number of sulfonamides is 1. The fraction of sp³-hybridized carbons (Fsp3) is 0.480. The zero-order valence-corrected chi connectivity index (χ0v) is 20.7. The molecule has 2 aromatic carbocycles. The van der Waals surface area contributed by atoms with Crippen LogP contribution in [0.15, 0.2) is 47.4 Å². The van der Waals surface area contributed by atoms with Crippen molar-refractivity contribution >= 4 is 15.9 Å². The summed E-state index contributed by atoms with van der Waals surface area (Å²) < 4.78 is 34.0. The molecule has 180 valence electrons. The molecule has 0 radical (unpaired) electrons. The van der Waals surface area contributed by atoms with Crippen LogP contribution >= 0.6 is 0 Å². The lowest BCUT2D eigenvalue weighted by Crippen LogP contribution is -2.42. The first-order valence-electron chi connectivity index (χ1n) is 11.5. The zero-order valence-electron chi connectivity index (χ0n) is 19.8. The molecule has 0 saturated carbocycles. The van der Waals surface area contributed by atoms with E-state index in [1.807, 2.05) is 49.4 Å². The Morgan fingerprint density at radius 3 is 2.33 bits per heavy atom. The third-order valence-corrected chi connectivity index (χ3v) is 7.90. The molecule has 0 aliphatic carbocycles. The fourth-order valence-electron chi connectivity index (χ4n) is 4.29. The molecule has 0 atom stereocenters. The summed E-state index contributed by atoms with van der Waals surface area (Å²) >= 11 is 0. The van der Waals surface area contributed by atoms with E-state index < -0.39 is 10.0 Å². The van der Waals surface area contributed by atoms with E-state index in [0.717, 1.165) is 50.4 Å². The Balaban J connectivity index is 1.71. The van der Waals surface area contributed by atoms with Crippen LogP contribution in [-0.4, -0.2) is 69.5 Å². The van der Waals surface area contributed by atoms with Crippen molar-refractivity contribution in [3.05, 3.63) is 64.7 Å². The van der Waals surface area contributed by atoms with E-state index in [4.69, 9.17) is 4.74 Å². The first-order valence-corrected chi connectivity index (χ1v) is 12.9. The average Bonchev–Trinajstić information content (AvgIpc) is 2.77. The molecule has 1 aliphatic heterocycles. The van der Waals surface area contributed by atoms with Gasteiger partial charge in [0, 0.05) is 26.2 Å². The third-order valence-electron chi connectivity index (χ3n) is 5.80. The largest absolute Gasteiger partial charge is 0.379 e. The normalized spacial score (nSPS) is 15.0. The summed E-state index contributed by atoms with van der Waals surface area (Å²) in [6.07, 6.45) is 0.813. The molecule has 1 N–H and O–H groups in total.